The van der Waals surface area contributed by atoms with Gasteiger partial charge < -0.3 is 20.9 Å². The van der Waals surface area contributed by atoms with E-state index >= 15 is 0 Å². The monoisotopic (exact) mass is 513 g/mol. The Hall–Kier alpha value is -1.51. The molecule has 2 aliphatic rings. The Kier molecular flexibility index (Phi) is 9.52. The first-order valence-corrected chi connectivity index (χ1v) is 10.7. The van der Waals surface area contributed by atoms with Gasteiger partial charge in [-0.3, -0.25) is 4.99 Å². The van der Waals surface area contributed by atoms with Gasteiger partial charge in [0.2, 0.25) is 0 Å². The average Bonchev–Trinajstić information content (AvgIpc) is 3.41. The number of carbonyl (C=O) groups excluding carboxylic acids is 1. The number of anilines is 1. The van der Waals surface area contributed by atoms with Gasteiger partial charge in [0, 0.05) is 38.9 Å². The van der Waals surface area contributed by atoms with Gasteiger partial charge >= 0.3 is 6.03 Å². The van der Waals surface area contributed by atoms with Crippen LogP contribution in [0, 0.1) is 5.41 Å². The molecule has 2 fully saturated rings. The smallest absolute Gasteiger partial charge is 0.321 e. The second-order valence-corrected chi connectivity index (χ2v) is 8.16. The van der Waals surface area contributed by atoms with Gasteiger partial charge in [0.25, 0.3) is 0 Å². The van der Waals surface area contributed by atoms with Crippen LogP contribution >= 0.6 is 24.0 Å². The van der Waals surface area contributed by atoms with Crippen LogP contribution in [0.3, 0.4) is 0 Å². The lowest BCUT2D eigenvalue weighted by Crippen LogP contribution is -2.42. The highest BCUT2D eigenvalue weighted by atomic mass is 127. The molecule has 1 aliphatic carbocycles. The summed E-state index contributed by atoms with van der Waals surface area (Å²) in [5, 5.41) is 9.94. The number of nitrogens with one attached hydrogen (secondary N) is 3. The van der Waals surface area contributed by atoms with E-state index < -0.39 is 0 Å². The third kappa shape index (κ3) is 6.76. The molecule has 1 saturated heterocycles. The number of benzene rings is 1. The Labute approximate surface area is 192 Å². The van der Waals surface area contributed by atoms with E-state index in [2.05, 4.69) is 33.9 Å². The van der Waals surface area contributed by atoms with E-state index in [1.54, 1.807) is 0 Å². The van der Waals surface area contributed by atoms with Gasteiger partial charge in [-0.15, -0.1) is 24.0 Å². The quantitative estimate of drug-likeness (QED) is 0.297. The summed E-state index contributed by atoms with van der Waals surface area (Å²) in [6.45, 7) is 5.66. The molecule has 162 valence electrons. The number of halogens is 1. The van der Waals surface area contributed by atoms with E-state index in [0.29, 0.717) is 12.0 Å². The van der Waals surface area contributed by atoms with Crippen LogP contribution in [0.1, 0.15) is 57.4 Å². The summed E-state index contributed by atoms with van der Waals surface area (Å²) in [5.74, 6) is 0.839. The van der Waals surface area contributed by atoms with E-state index in [9.17, 15) is 4.79 Å². The van der Waals surface area contributed by atoms with Crippen molar-refractivity contribution < 1.29 is 4.79 Å². The van der Waals surface area contributed by atoms with Crippen LogP contribution in [0.2, 0.25) is 0 Å². The first-order chi connectivity index (χ1) is 13.6. The first-order valence-electron chi connectivity index (χ1n) is 10.7. The SMILES string of the molecule is CCC1(CNC(=NC)NCc2cccc(NC(=O)N3CCCC3)c2)CCCC1.I. The molecule has 1 saturated carbocycles. The number of carbonyl (C=O) groups is 1. The molecule has 3 N–H and O–H groups in total. The van der Waals surface area contributed by atoms with E-state index in [0.717, 1.165) is 49.7 Å². The Morgan fingerprint density at radius 3 is 2.52 bits per heavy atom. The highest BCUT2D eigenvalue weighted by Crippen LogP contribution is 2.40. The van der Waals surface area contributed by atoms with Crippen LogP contribution in [0.15, 0.2) is 29.3 Å². The molecule has 0 atom stereocenters. The van der Waals surface area contributed by atoms with Crippen LogP contribution in [0.4, 0.5) is 10.5 Å². The second kappa shape index (κ2) is 11.6. The second-order valence-electron chi connectivity index (χ2n) is 8.16. The fourth-order valence-corrected chi connectivity index (χ4v) is 4.34. The molecule has 0 unspecified atom stereocenters. The number of urea groups is 1. The molecular weight excluding hydrogens is 477 g/mol. The van der Waals surface area contributed by atoms with Crippen LogP contribution < -0.4 is 16.0 Å². The Morgan fingerprint density at radius 2 is 1.86 bits per heavy atom. The molecule has 29 heavy (non-hydrogen) atoms. The molecule has 0 spiro atoms. The van der Waals surface area contributed by atoms with Crippen molar-refractivity contribution >= 4 is 41.7 Å². The molecule has 2 amide bonds. The number of rotatable bonds is 6. The Bertz CT molecular complexity index is 682. The van der Waals surface area contributed by atoms with E-state index in [-0.39, 0.29) is 30.0 Å². The lowest BCUT2D eigenvalue weighted by Gasteiger charge is -2.28. The highest BCUT2D eigenvalue weighted by molar-refractivity contribution is 14.0. The number of aliphatic imine (C=N–C) groups is 1. The van der Waals surface area contributed by atoms with Crippen molar-refractivity contribution in [2.24, 2.45) is 10.4 Å². The van der Waals surface area contributed by atoms with Crippen LogP contribution in [-0.2, 0) is 6.54 Å². The molecular formula is C22H36IN5O. The normalized spacial score (nSPS) is 18.3. The molecule has 0 bridgehead atoms. The molecule has 0 aromatic heterocycles. The largest absolute Gasteiger partial charge is 0.356 e. The number of nitrogens with zero attached hydrogens (tertiary/aromatic N) is 2. The zero-order valence-corrected chi connectivity index (χ0v) is 20.1. The zero-order valence-electron chi connectivity index (χ0n) is 17.8. The van der Waals surface area contributed by atoms with Gasteiger partial charge in [0.05, 0.1) is 0 Å². The Morgan fingerprint density at radius 1 is 1.14 bits per heavy atom. The molecule has 6 nitrogen and oxygen atoms in total. The highest BCUT2D eigenvalue weighted by Gasteiger charge is 2.31. The van der Waals surface area contributed by atoms with Crippen LogP contribution in [0.5, 0.6) is 0 Å². The van der Waals surface area contributed by atoms with Crippen molar-refractivity contribution in [2.75, 3.05) is 32.0 Å². The van der Waals surface area contributed by atoms with E-state index in [1.165, 1.54) is 32.1 Å². The molecule has 1 aromatic rings. The summed E-state index contributed by atoms with van der Waals surface area (Å²) in [6.07, 6.45) is 8.73. The minimum Gasteiger partial charge on any atom is -0.356 e. The standard InChI is InChI=1S/C22H35N5O.HI/c1-3-22(11-4-5-12-22)17-25-20(23-2)24-16-18-9-8-10-19(15-18)26-21(28)27-13-6-7-14-27;/h8-10,15H,3-7,11-14,16-17H2,1-2H3,(H,26,28)(H2,23,24,25);1H. The van der Waals surface area contributed by atoms with Crippen molar-refractivity contribution in [1.29, 1.82) is 0 Å². The number of guanidine groups is 1. The third-order valence-electron chi connectivity index (χ3n) is 6.30. The molecule has 3 rings (SSSR count). The minimum absolute atomic E-state index is 0. The van der Waals surface area contributed by atoms with Crippen molar-refractivity contribution in [1.82, 2.24) is 15.5 Å². The maximum atomic E-state index is 12.3. The minimum atomic E-state index is 0. The summed E-state index contributed by atoms with van der Waals surface area (Å²) in [5.41, 5.74) is 2.39. The first kappa shape index (κ1) is 23.8. The number of hydrogen-bond acceptors (Lipinski definition) is 2. The van der Waals surface area contributed by atoms with Crippen molar-refractivity contribution in [3.63, 3.8) is 0 Å². The molecule has 0 radical (unpaired) electrons. The molecule has 7 heteroatoms. The Balaban J connectivity index is 0.00000300. The van der Waals surface area contributed by atoms with Gasteiger partial charge in [-0.25, -0.2) is 4.79 Å². The molecule has 1 aliphatic heterocycles. The maximum Gasteiger partial charge on any atom is 0.321 e. The average molecular weight is 513 g/mol. The summed E-state index contributed by atoms with van der Waals surface area (Å²) < 4.78 is 0. The molecule has 1 heterocycles. The lowest BCUT2D eigenvalue weighted by molar-refractivity contribution is 0.222. The molecule has 1 aromatic carbocycles. The van der Waals surface area contributed by atoms with Crippen molar-refractivity contribution in [3.8, 4) is 0 Å². The summed E-state index contributed by atoms with van der Waals surface area (Å²) in [7, 11) is 1.81. The van der Waals surface area contributed by atoms with E-state index in [1.807, 2.05) is 30.1 Å². The maximum absolute atomic E-state index is 12.3. The fraction of sp³-hybridized carbons (Fsp3) is 0.636. The fourth-order valence-electron chi connectivity index (χ4n) is 4.34. The zero-order chi connectivity index (χ0) is 19.8. The lowest BCUT2D eigenvalue weighted by atomic mass is 9.83. The predicted molar refractivity (Wildman–Crippen MR) is 131 cm³/mol. The van der Waals surface area contributed by atoms with Crippen LogP contribution in [-0.4, -0.2) is 43.6 Å². The van der Waals surface area contributed by atoms with Gasteiger partial charge in [0.15, 0.2) is 5.96 Å². The van der Waals surface area contributed by atoms with Crippen molar-refractivity contribution in [2.45, 2.75) is 58.4 Å². The number of likely N-dealkylation sites (tertiary alicyclic amines) is 1. The topological polar surface area (TPSA) is 68.8 Å². The van der Waals surface area contributed by atoms with Crippen molar-refractivity contribution in [3.05, 3.63) is 29.8 Å². The third-order valence-corrected chi connectivity index (χ3v) is 6.30. The summed E-state index contributed by atoms with van der Waals surface area (Å²) >= 11 is 0. The van der Waals surface area contributed by atoms with Crippen LogP contribution in [0.25, 0.3) is 0 Å². The predicted octanol–water partition coefficient (Wildman–Crippen LogP) is 4.57. The van der Waals surface area contributed by atoms with E-state index in [4.69, 9.17) is 0 Å². The van der Waals surface area contributed by atoms with Gasteiger partial charge in [-0.2, -0.15) is 0 Å². The number of amides is 2. The summed E-state index contributed by atoms with van der Waals surface area (Å²) in [6, 6.07) is 8.02. The van der Waals surface area contributed by atoms with Gasteiger partial charge in [0.1, 0.15) is 0 Å². The summed E-state index contributed by atoms with van der Waals surface area (Å²) in [4.78, 5) is 18.5. The number of hydrogen-bond donors (Lipinski definition) is 3. The van der Waals surface area contributed by atoms with Gasteiger partial charge in [-0.1, -0.05) is 31.9 Å². The van der Waals surface area contributed by atoms with Gasteiger partial charge in [-0.05, 0) is 55.2 Å².